The van der Waals surface area contributed by atoms with Gasteiger partial charge in [0.15, 0.2) is 0 Å². The summed E-state index contributed by atoms with van der Waals surface area (Å²) in [6.07, 6.45) is 2.18. The van der Waals surface area contributed by atoms with Crippen molar-refractivity contribution in [3.05, 3.63) is 28.8 Å². The number of sulfonamides is 1. The quantitative estimate of drug-likeness (QED) is 0.778. The van der Waals surface area contributed by atoms with Gasteiger partial charge in [-0.1, -0.05) is 11.6 Å². The number of rotatable bonds is 6. The van der Waals surface area contributed by atoms with Gasteiger partial charge in [0.1, 0.15) is 0 Å². The van der Waals surface area contributed by atoms with Crippen molar-refractivity contribution in [1.82, 2.24) is 10.0 Å². The fraction of sp³-hybridized carbons (Fsp3) is 0.571. The molecule has 0 amide bonds. The molecule has 5 nitrogen and oxygen atoms in total. The van der Waals surface area contributed by atoms with Crippen molar-refractivity contribution < 1.29 is 13.2 Å². The third-order valence-corrected chi connectivity index (χ3v) is 5.32. The van der Waals surface area contributed by atoms with E-state index in [1.54, 1.807) is 19.1 Å². The molecular formula is C14H21ClN2O3S. The van der Waals surface area contributed by atoms with Gasteiger partial charge in [0.25, 0.3) is 0 Å². The van der Waals surface area contributed by atoms with E-state index in [-0.39, 0.29) is 17.5 Å². The second kappa shape index (κ2) is 7.56. The van der Waals surface area contributed by atoms with E-state index in [1.807, 2.05) is 0 Å². The van der Waals surface area contributed by atoms with Gasteiger partial charge in [-0.05, 0) is 56.6 Å². The van der Waals surface area contributed by atoms with Crippen LogP contribution in [0, 0.1) is 6.92 Å². The van der Waals surface area contributed by atoms with Gasteiger partial charge in [0.05, 0.1) is 17.6 Å². The first-order chi connectivity index (χ1) is 9.99. The normalized spacial score (nSPS) is 17.0. The average Bonchev–Trinajstić information content (AvgIpc) is 2.44. The van der Waals surface area contributed by atoms with E-state index in [1.165, 1.54) is 6.07 Å². The first-order valence-electron chi connectivity index (χ1n) is 7.07. The van der Waals surface area contributed by atoms with Crippen LogP contribution < -0.4 is 10.0 Å². The smallest absolute Gasteiger partial charge is 0.240 e. The zero-order chi connectivity index (χ0) is 15.3. The lowest BCUT2D eigenvalue weighted by molar-refractivity contribution is 0.0367. The minimum atomic E-state index is -3.51. The summed E-state index contributed by atoms with van der Waals surface area (Å²) in [5.74, 6) is 0. The van der Waals surface area contributed by atoms with Crippen LogP contribution in [0.3, 0.4) is 0 Å². The Morgan fingerprint density at radius 1 is 1.38 bits per heavy atom. The van der Waals surface area contributed by atoms with Crippen molar-refractivity contribution in [2.24, 2.45) is 0 Å². The van der Waals surface area contributed by atoms with Crippen LogP contribution in [0.2, 0.25) is 5.02 Å². The van der Waals surface area contributed by atoms with Gasteiger partial charge < -0.3 is 10.1 Å². The predicted octanol–water partition coefficient (Wildman–Crippen LogP) is 1.70. The third kappa shape index (κ3) is 4.93. The van der Waals surface area contributed by atoms with E-state index in [0.717, 1.165) is 25.9 Å². The summed E-state index contributed by atoms with van der Waals surface area (Å²) < 4.78 is 32.6. The summed E-state index contributed by atoms with van der Waals surface area (Å²) in [7, 11) is -3.51. The molecule has 1 aromatic carbocycles. The Morgan fingerprint density at radius 2 is 2.10 bits per heavy atom. The van der Waals surface area contributed by atoms with Gasteiger partial charge in [0.2, 0.25) is 10.0 Å². The molecule has 1 aliphatic rings. The maximum atomic E-state index is 12.2. The van der Waals surface area contributed by atoms with Crippen LogP contribution in [-0.4, -0.2) is 40.8 Å². The fourth-order valence-electron chi connectivity index (χ4n) is 2.36. The summed E-state index contributed by atoms with van der Waals surface area (Å²) in [6, 6.07) is 4.74. The van der Waals surface area contributed by atoms with Gasteiger partial charge in [-0.2, -0.15) is 0 Å². The van der Waals surface area contributed by atoms with E-state index >= 15 is 0 Å². The highest BCUT2D eigenvalue weighted by Crippen LogP contribution is 2.19. The zero-order valence-corrected chi connectivity index (χ0v) is 13.6. The number of hydrogen-bond acceptors (Lipinski definition) is 4. The Bertz CT molecular complexity index is 572. The van der Waals surface area contributed by atoms with Crippen LogP contribution in [0.4, 0.5) is 0 Å². The molecule has 1 heterocycles. The van der Waals surface area contributed by atoms with Gasteiger partial charge in [-0.25, -0.2) is 13.1 Å². The van der Waals surface area contributed by atoms with E-state index in [0.29, 0.717) is 17.2 Å². The number of benzene rings is 1. The van der Waals surface area contributed by atoms with Gasteiger partial charge in [-0.15, -0.1) is 0 Å². The monoisotopic (exact) mass is 332 g/mol. The van der Waals surface area contributed by atoms with Crippen LogP contribution in [0.25, 0.3) is 0 Å². The molecule has 0 saturated carbocycles. The maximum Gasteiger partial charge on any atom is 0.240 e. The Labute approximate surface area is 131 Å². The zero-order valence-electron chi connectivity index (χ0n) is 12.1. The molecule has 0 aromatic heterocycles. The van der Waals surface area contributed by atoms with Crippen LogP contribution >= 0.6 is 11.6 Å². The molecule has 0 radical (unpaired) electrons. The Hall–Kier alpha value is -0.660. The van der Waals surface area contributed by atoms with Crippen molar-refractivity contribution in [2.45, 2.75) is 30.8 Å². The van der Waals surface area contributed by atoms with E-state index in [2.05, 4.69) is 10.0 Å². The van der Waals surface area contributed by atoms with Crippen molar-refractivity contribution >= 4 is 21.6 Å². The molecule has 0 bridgehead atoms. The SMILES string of the molecule is Cc1cc(Cl)ccc1S(=O)(=O)NCCOC1CCNCC1. The largest absolute Gasteiger partial charge is 0.377 e. The van der Waals surface area contributed by atoms with Gasteiger partial charge in [-0.3, -0.25) is 0 Å². The summed E-state index contributed by atoms with van der Waals surface area (Å²) in [4.78, 5) is 0.258. The molecule has 118 valence electrons. The highest BCUT2D eigenvalue weighted by molar-refractivity contribution is 7.89. The van der Waals surface area contributed by atoms with E-state index in [4.69, 9.17) is 16.3 Å². The maximum absolute atomic E-state index is 12.2. The van der Waals surface area contributed by atoms with Crippen molar-refractivity contribution in [3.8, 4) is 0 Å². The standard InChI is InChI=1S/C14H21ClN2O3S/c1-11-10-12(15)2-3-14(11)21(18,19)17-8-9-20-13-4-6-16-7-5-13/h2-3,10,13,16-17H,4-9H2,1H3. The lowest BCUT2D eigenvalue weighted by atomic mass is 10.1. The average molecular weight is 333 g/mol. The topological polar surface area (TPSA) is 67.4 Å². The molecule has 0 aliphatic carbocycles. The van der Waals surface area contributed by atoms with E-state index < -0.39 is 10.0 Å². The number of nitrogens with one attached hydrogen (secondary N) is 2. The third-order valence-electron chi connectivity index (χ3n) is 3.46. The highest BCUT2D eigenvalue weighted by atomic mass is 35.5. The molecule has 1 aromatic rings. The number of halogens is 1. The second-order valence-electron chi connectivity index (χ2n) is 5.13. The Balaban J connectivity index is 1.83. The molecule has 0 atom stereocenters. The van der Waals surface area contributed by atoms with Crippen molar-refractivity contribution in [2.75, 3.05) is 26.2 Å². The summed E-state index contributed by atoms with van der Waals surface area (Å²) in [6.45, 7) is 4.30. The van der Waals surface area contributed by atoms with Crippen LogP contribution in [0.1, 0.15) is 18.4 Å². The summed E-state index contributed by atoms with van der Waals surface area (Å²) >= 11 is 5.84. The molecule has 1 aliphatic heterocycles. The number of hydrogen-bond donors (Lipinski definition) is 2. The van der Waals surface area contributed by atoms with Gasteiger partial charge in [0, 0.05) is 11.6 Å². The lowest BCUT2D eigenvalue weighted by Crippen LogP contribution is -2.34. The minimum absolute atomic E-state index is 0.230. The second-order valence-corrected chi connectivity index (χ2v) is 7.30. The lowest BCUT2D eigenvalue weighted by Gasteiger charge is -2.23. The van der Waals surface area contributed by atoms with E-state index in [9.17, 15) is 8.42 Å². The Morgan fingerprint density at radius 3 is 2.76 bits per heavy atom. The summed E-state index contributed by atoms with van der Waals surface area (Å²) in [5, 5.41) is 3.79. The van der Waals surface area contributed by atoms with Crippen LogP contribution in [0.15, 0.2) is 23.1 Å². The Kier molecular flexibility index (Phi) is 6.01. The molecule has 0 spiro atoms. The van der Waals surface area contributed by atoms with Crippen LogP contribution in [-0.2, 0) is 14.8 Å². The molecule has 1 fully saturated rings. The molecule has 1 saturated heterocycles. The van der Waals surface area contributed by atoms with Crippen molar-refractivity contribution in [1.29, 1.82) is 0 Å². The molecule has 7 heteroatoms. The fourth-order valence-corrected chi connectivity index (χ4v) is 3.82. The predicted molar refractivity (Wildman–Crippen MR) is 83.2 cm³/mol. The molecule has 0 unspecified atom stereocenters. The number of aryl methyl sites for hydroxylation is 1. The summed E-state index contributed by atoms with van der Waals surface area (Å²) in [5.41, 5.74) is 0.634. The minimum Gasteiger partial charge on any atom is -0.377 e. The number of piperidine rings is 1. The molecular weight excluding hydrogens is 312 g/mol. The molecule has 2 rings (SSSR count). The first-order valence-corrected chi connectivity index (χ1v) is 8.93. The number of ether oxygens (including phenoxy) is 1. The molecule has 2 N–H and O–H groups in total. The first kappa shape index (κ1) is 16.7. The van der Waals surface area contributed by atoms with Crippen molar-refractivity contribution in [3.63, 3.8) is 0 Å². The molecule has 21 heavy (non-hydrogen) atoms. The van der Waals surface area contributed by atoms with Gasteiger partial charge >= 0.3 is 0 Å². The van der Waals surface area contributed by atoms with Crippen LogP contribution in [0.5, 0.6) is 0 Å². The highest BCUT2D eigenvalue weighted by Gasteiger charge is 2.17.